The van der Waals surface area contributed by atoms with Crippen molar-refractivity contribution in [2.24, 2.45) is 0 Å². The van der Waals surface area contributed by atoms with Crippen LogP contribution in [0.25, 0.3) is 16.6 Å². The van der Waals surface area contributed by atoms with Gasteiger partial charge in [-0.15, -0.1) is 0 Å². The number of methoxy groups -OCH3 is 1. The molecule has 1 heterocycles. The molecule has 0 spiro atoms. The van der Waals surface area contributed by atoms with E-state index < -0.39 is 11.9 Å². The average Bonchev–Trinajstić information content (AvgIpc) is 2.72. The third-order valence-corrected chi connectivity index (χ3v) is 5.22. The number of fused-ring (bicyclic) bond motifs is 1. The zero-order valence-corrected chi connectivity index (χ0v) is 17.8. The molecule has 0 saturated heterocycles. The third-order valence-electron chi connectivity index (χ3n) is 4.05. The second-order valence-electron chi connectivity index (χ2n) is 6.06. The summed E-state index contributed by atoms with van der Waals surface area (Å²) in [5, 5.41) is 5.79. The van der Waals surface area contributed by atoms with Crippen molar-refractivity contribution in [1.82, 2.24) is 20.2 Å². The van der Waals surface area contributed by atoms with Crippen molar-refractivity contribution < 1.29 is 14.3 Å². The molecule has 0 radical (unpaired) electrons. The van der Waals surface area contributed by atoms with Crippen molar-refractivity contribution >= 4 is 46.2 Å². The van der Waals surface area contributed by atoms with E-state index in [4.69, 9.17) is 16.3 Å². The average molecular weight is 447 g/mol. The lowest BCUT2D eigenvalue weighted by Gasteiger charge is -2.15. The maximum atomic E-state index is 13.3. The summed E-state index contributed by atoms with van der Waals surface area (Å²) in [6, 6.07) is 11.2. The smallest absolute Gasteiger partial charge is 0.321 e. The molecule has 0 unspecified atom stereocenters. The Hall–Kier alpha value is -3.04. The fraction of sp³-hybridized carbons (Fsp3) is 0.200. The van der Waals surface area contributed by atoms with Gasteiger partial charge in [0.25, 0.3) is 5.56 Å². The number of carbonyl (C=O) groups is 2. The van der Waals surface area contributed by atoms with E-state index in [0.717, 1.165) is 11.8 Å². The van der Waals surface area contributed by atoms with Gasteiger partial charge in [0.2, 0.25) is 5.91 Å². The zero-order valence-electron chi connectivity index (χ0n) is 16.3. The monoisotopic (exact) mass is 446 g/mol. The Bertz CT molecular complexity index is 1170. The second kappa shape index (κ2) is 9.64. The molecular formula is C20H19ClN4O4S. The molecule has 2 aromatic carbocycles. The van der Waals surface area contributed by atoms with Crippen molar-refractivity contribution in [3.63, 3.8) is 0 Å². The Morgan fingerprint density at radius 1 is 1.23 bits per heavy atom. The number of para-hydroxylation sites is 2. The van der Waals surface area contributed by atoms with Crippen molar-refractivity contribution in [2.75, 3.05) is 19.4 Å². The van der Waals surface area contributed by atoms with Gasteiger partial charge in [-0.1, -0.05) is 35.5 Å². The largest absolute Gasteiger partial charge is 0.495 e. The summed E-state index contributed by atoms with van der Waals surface area (Å²) < 4.78 is 6.78. The van der Waals surface area contributed by atoms with Crippen LogP contribution in [0.1, 0.15) is 6.92 Å². The fourth-order valence-electron chi connectivity index (χ4n) is 2.76. The van der Waals surface area contributed by atoms with Gasteiger partial charge >= 0.3 is 6.03 Å². The zero-order chi connectivity index (χ0) is 21.7. The second-order valence-corrected chi connectivity index (χ2v) is 7.44. The van der Waals surface area contributed by atoms with Crippen LogP contribution in [0.3, 0.4) is 0 Å². The molecule has 8 nitrogen and oxygen atoms in total. The van der Waals surface area contributed by atoms with E-state index in [1.54, 1.807) is 49.4 Å². The number of halogens is 1. The van der Waals surface area contributed by atoms with Crippen LogP contribution in [0.4, 0.5) is 4.79 Å². The molecular weight excluding hydrogens is 428 g/mol. The van der Waals surface area contributed by atoms with Crippen LogP contribution in [0.5, 0.6) is 5.75 Å². The van der Waals surface area contributed by atoms with Gasteiger partial charge in [-0.25, -0.2) is 9.78 Å². The number of imide groups is 1. The molecule has 0 aliphatic heterocycles. The lowest BCUT2D eigenvalue weighted by molar-refractivity contribution is -0.117. The molecule has 3 aromatic rings. The Morgan fingerprint density at radius 2 is 2.00 bits per heavy atom. The molecule has 30 heavy (non-hydrogen) atoms. The normalized spacial score (nSPS) is 10.6. The van der Waals surface area contributed by atoms with E-state index in [9.17, 15) is 14.4 Å². The number of aromatic nitrogens is 2. The summed E-state index contributed by atoms with van der Waals surface area (Å²) >= 11 is 7.08. The molecule has 0 fully saturated rings. The molecule has 0 bridgehead atoms. The number of nitrogens with one attached hydrogen (secondary N) is 2. The minimum atomic E-state index is -0.580. The fourth-order valence-corrected chi connectivity index (χ4v) is 3.73. The number of thioether (sulfide) groups is 1. The summed E-state index contributed by atoms with van der Waals surface area (Å²) in [5.41, 5.74) is 0.569. The number of hydrogen-bond acceptors (Lipinski definition) is 6. The van der Waals surface area contributed by atoms with E-state index in [1.165, 1.54) is 11.7 Å². The van der Waals surface area contributed by atoms with Gasteiger partial charge in [0.15, 0.2) is 5.16 Å². The molecule has 0 aliphatic carbocycles. The summed E-state index contributed by atoms with van der Waals surface area (Å²) in [6.45, 7) is 2.14. The molecule has 0 saturated carbocycles. The quantitative estimate of drug-likeness (QED) is 0.445. The highest BCUT2D eigenvalue weighted by Crippen LogP contribution is 2.27. The van der Waals surface area contributed by atoms with Crippen molar-refractivity contribution in [2.45, 2.75) is 12.1 Å². The standard InChI is InChI=1S/C20H19ClN4O4S/c1-3-22-19(28)24-17(26)11-30-20-23-14-10-12(21)8-9-13(14)18(27)25(20)15-6-4-5-7-16(15)29-2/h4-10H,3,11H2,1-2H3,(H2,22,24,26,28). The highest BCUT2D eigenvalue weighted by Gasteiger charge is 2.18. The highest BCUT2D eigenvalue weighted by atomic mass is 35.5. The number of carbonyl (C=O) groups excluding carboxylic acids is 2. The van der Waals surface area contributed by atoms with Gasteiger partial charge in [0.1, 0.15) is 5.75 Å². The first-order valence-corrected chi connectivity index (χ1v) is 10.4. The highest BCUT2D eigenvalue weighted by molar-refractivity contribution is 7.99. The summed E-state index contributed by atoms with van der Waals surface area (Å²) in [6.07, 6.45) is 0. The maximum Gasteiger partial charge on any atom is 0.321 e. The molecule has 0 aliphatic rings. The van der Waals surface area contributed by atoms with Crippen molar-refractivity contribution in [3.8, 4) is 11.4 Å². The summed E-state index contributed by atoms with van der Waals surface area (Å²) in [4.78, 5) is 41.5. The Labute approximate surface area is 181 Å². The van der Waals surface area contributed by atoms with Crippen LogP contribution < -0.4 is 20.9 Å². The first-order chi connectivity index (χ1) is 14.4. The van der Waals surface area contributed by atoms with E-state index in [2.05, 4.69) is 15.6 Å². The predicted molar refractivity (Wildman–Crippen MR) is 117 cm³/mol. The summed E-state index contributed by atoms with van der Waals surface area (Å²) in [5.74, 6) is -0.161. The SMILES string of the molecule is CCNC(=O)NC(=O)CSc1nc2cc(Cl)ccc2c(=O)n1-c1ccccc1OC. The van der Waals surface area contributed by atoms with E-state index in [-0.39, 0.29) is 16.5 Å². The van der Waals surface area contributed by atoms with Crippen LogP contribution in [0, 0.1) is 0 Å². The van der Waals surface area contributed by atoms with E-state index in [1.807, 2.05) is 0 Å². The number of ether oxygens (including phenoxy) is 1. The molecule has 3 rings (SSSR count). The molecule has 2 N–H and O–H groups in total. The number of urea groups is 1. The van der Waals surface area contributed by atoms with E-state index in [0.29, 0.717) is 33.9 Å². The first kappa shape index (κ1) is 21.7. The Morgan fingerprint density at radius 3 is 2.73 bits per heavy atom. The van der Waals surface area contributed by atoms with Gasteiger partial charge in [0, 0.05) is 11.6 Å². The van der Waals surface area contributed by atoms with Crippen molar-refractivity contribution in [3.05, 3.63) is 57.8 Å². The molecule has 3 amide bonds. The molecule has 10 heteroatoms. The predicted octanol–water partition coefficient (Wildman–Crippen LogP) is 2.99. The van der Waals surface area contributed by atoms with Crippen LogP contribution in [-0.4, -0.2) is 40.9 Å². The third kappa shape index (κ3) is 4.74. The number of hydrogen-bond donors (Lipinski definition) is 2. The van der Waals surface area contributed by atoms with Gasteiger partial charge in [-0.3, -0.25) is 19.5 Å². The number of amides is 3. The molecule has 156 valence electrons. The van der Waals surface area contributed by atoms with Crippen molar-refractivity contribution in [1.29, 1.82) is 0 Å². The maximum absolute atomic E-state index is 13.3. The minimum absolute atomic E-state index is 0.120. The van der Waals surface area contributed by atoms with E-state index >= 15 is 0 Å². The molecule has 0 atom stereocenters. The topological polar surface area (TPSA) is 102 Å². The van der Waals surface area contributed by atoms with Gasteiger partial charge in [-0.2, -0.15) is 0 Å². The first-order valence-electron chi connectivity index (χ1n) is 9.00. The van der Waals surface area contributed by atoms with Crippen LogP contribution >= 0.6 is 23.4 Å². The Kier molecular flexibility index (Phi) is 6.96. The number of benzene rings is 2. The minimum Gasteiger partial charge on any atom is -0.495 e. The Balaban J connectivity index is 2.06. The van der Waals surface area contributed by atoms with Gasteiger partial charge in [-0.05, 0) is 37.3 Å². The van der Waals surface area contributed by atoms with Crippen LogP contribution in [0.15, 0.2) is 52.4 Å². The number of nitrogens with zero attached hydrogens (tertiary/aromatic N) is 2. The lowest BCUT2D eigenvalue weighted by Crippen LogP contribution is -2.40. The van der Waals surface area contributed by atoms with Crippen LogP contribution in [-0.2, 0) is 4.79 Å². The van der Waals surface area contributed by atoms with Gasteiger partial charge < -0.3 is 10.1 Å². The number of rotatable bonds is 6. The molecule has 1 aromatic heterocycles. The summed E-state index contributed by atoms with van der Waals surface area (Å²) in [7, 11) is 1.50. The van der Waals surface area contributed by atoms with Gasteiger partial charge in [0.05, 0.1) is 29.5 Å². The van der Waals surface area contributed by atoms with Crippen LogP contribution in [0.2, 0.25) is 5.02 Å². The lowest BCUT2D eigenvalue weighted by atomic mass is 10.2.